The third-order valence-electron chi connectivity index (χ3n) is 4.00. The molecule has 0 radical (unpaired) electrons. The fraction of sp³-hybridized carbons (Fsp3) is 0. The van der Waals surface area contributed by atoms with Gasteiger partial charge in [-0.05, 0) is 35.4 Å². The number of amides is 1. The SMILES string of the molecule is O=C(Nc1ccc(-c2ccccc2)cc1)c1cn(-c2ccccc2)nn1. The molecule has 0 saturated carbocycles. The van der Waals surface area contributed by atoms with Crippen LogP contribution in [0.15, 0.2) is 91.1 Å². The molecule has 1 N–H and O–H groups in total. The van der Waals surface area contributed by atoms with E-state index < -0.39 is 0 Å². The van der Waals surface area contributed by atoms with Crippen LogP contribution in [-0.2, 0) is 0 Å². The topological polar surface area (TPSA) is 59.8 Å². The zero-order valence-electron chi connectivity index (χ0n) is 13.9. The Kier molecular flexibility index (Phi) is 4.26. The third-order valence-corrected chi connectivity index (χ3v) is 4.00. The maximum Gasteiger partial charge on any atom is 0.277 e. The lowest BCUT2D eigenvalue weighted by molar-refractivity contribution is 0.102. The van der Waals surface area contributed by atoms with Crippen LogP contribution >= 0.6 is 0 Å². The Labute approximate surface area is 150 Å². The zero-order chi connectivity index (χ0) is 17.8. The maximum absolute atomic E-state index is 12.4. The largest absolute Gasteiger partial charge is 0.321 e. The third kappa shape index (κ3) is 3.37. The molecule has 3 aromatic carbocycles. The second-order valence-electron chi connectivity index (χ2n) is 5.78. The van der Waals surface area contributed by atoms with E-state index in [1.807, 2.05) is 72.8 Å². The van der Waals surface area contributed by atoms with E-state index in [0.29, 0.717) is 5.69 Å². The van der Waals surface area contributed by atoms with Gasteiger partial charge >= 0.3 is 0 Å². The molecule has 0 fully saturated rings. The molecule has 0 unspecified atom stereocenters. The second-order valence-corrected chi connectivity index (χ2v) is 5.78. The quantitative estimate of drug-likeness (QED) is 0.606. The van der Waals surface area contributed by atoms with Crippen LogP contribution in [0.5, 0.6) is 0 Å². The van der Waals surface area contributed by atoms with Gasteiger partial charge < -0.3 is 5.32 Å². The van der Waals surface area contributed by atoms with Crippen LogP contribution in [0.3, 0.4) is 0 Å². The van der Waals surface area contributed by atoms with Gasteiger partial charge in [-0.2, -0.15) is 0 Å². The molecule has 5 nitrogen and oxygen atoms in total. The average Bonchev–Trinajstić information content (AvgIpc) is 3.20. The number of nitrogens with one attached hydrogen (secondary N) is 1. The predicted octanol–water partition coefficient (Wildman–Crippen LogP) is 4.19. The summed E-state index contributed by atoms with van der Waals surface area (Å²) in [7, 11) is 0. The molecule has 1 heterocycles. The molecule has 0 saturated heterocycles. The van der Waals surface area contributed by atoms with Crippen molar-refractivity contribution in [3.63, 3.8) is 0 Å². The number of nitrogens with zero attached hydrogens (tertiary/aromatic N) is 3. The van der Waals surface area contributed by atoms with Crippen molar-refractivity contribution in [1.82, 2.24) is 15.0 Å². The van der Waals surface area contributed by atoms with Crippen molar-refractivity contribution < 1.29 is 4.79 Å². The Morgan fingerprint density at radius 1 is 0.769 bits per heavy atom. The van der Waals surface area contributed by atoms with Crippen LogP contribution in [0.2, 0.25) is 0 Å². The molecule has 26 heavy (non-hydrogen) atoms. The summed E-state index contributed by atoms with van der Waals surface area (Å²) in [5.41, 5.74) is 4.06. The van der Waals surface area contributed by atoms with E-state index in [4.69, 9.17) is 0 Å². The molecule has 4 aromatic rings. The highest BCUT2D eigenvalue weighted by Gasteiger charge is 2.12. The summed E-state index contributed by atoms with van der Waals surface area (Å²) in [6, 6.07) is 27.3. The summed E-state index contributed by atoms with van der Waals surface area (Å²) in [6.45, 7) is 0. The minimum atomic E-state index is -0.292. The molecule has 126 valence electrons. The van der Waals surface area contributed by atoms with Crippen LogP contribution in [0.25, 0.3) is 16.8 Å². The average molecular weight is 340 g/mol. The zero-order valence-corrected chi connectivity index (χ0v) is 13.9. The van der Waals surface area contributed by atoms with Gasteiger partial charge in [0.2, 0.25) is 0 Å². The Morgan fingerprint density at radius 2 is 1.38 bits per heavy atom. The van der Waals surface area contributed by atoms with Gasteiger partial charge in [0.15, 0.2) is 5.69 Å². The van der Waals surface area contributed by atoms with Crippen molar-refractivity contribution in [1.29, 1.82) is 0 Å². The van der Waals surface area contributed by atoms with Crippen LogP contribution < -0.4 is 5.32 Å². The van der Waals surface area contributed by atoms with Gasteiger partial charge in [-0.15, -0.1) is 5.10 Å². The lowest BCUT2D eigenvalue weighted by Crippen LogP contribution is -2.12. The van der Waals surface area contributed by atoms with Crippen LogP contribution in [0, 0.1) is 0 Å². The van der Waals surface area contributed by atoms with Crippen LogP contribution in [0.1, 0.15) is 10.5 Å². The highest BCUT2D eigenvalue weighted by atomic mass is 16.2. The lowest BCUT2D eigenvalue weighted by atomic mass is 10.1. The fourth-order valence-electron chi connectivity index (χ4n) is 2.65. The van der Waals surface area contributed by atoms with Crippen molar-refractivity contribution in [3.8, 4) is 16.8 Å². The van der Waals surface area contributed by atoms with Gasteiger partial charge in [0, 0.05) is 5.69 Å². The van der Waals surface area contributed by atoms with Crippen LogP contribution in [-0.4, -0.2) is 20.9 Å². The standard InChI is InChI=1S/C21H16N4O/c26-21(20-15-25(24-23-20)19-9-5-2-6-10-19)22-18-13-11-17(12-14-18)16-7-3-1-4-8-16/h1-15H,(H,22,26). The van der Waals surface area contributed by atoms with Crippen molar-refractivity contribution in [3.05, 3.63) is 96.8 Å². The molecule has 4 rings (SSSR count). The van der Waals surface area contributed by atoms with E-state index in [-0.39, 0.29) is 11.6 Å². The normalized spacial score (nSPS) is 10.5. The molecular weight excluding hydrogens is 324 g/mol. The Balaban J connectivity index is 1.48. The Morgan fingerprint density at radius 3 is 2.08 bits per heavy atom. The summed E-state index contributed by atoms with van der Waals surface area (Å²) in [5.74, 6) is -0.292. The van der Waals surface area contributed by atoms with Crippen molar-refractivity contribution >= 4 is 11.6 Å². The molecular formula is C21H16N4O. The van der Waals surface area contributed by atoms with E-state index in [0.717, 1.165) is 16.8 Å². The molecule has 5 heteroatoms. The van der Waals surface area contributed by atoms with Gasteiger partial charge in [0.1, 0.15) is 0 Å². The van der Waals surface area contributed by atoms with Crippen molar-refractivity contribution in [2.45, 2.75) is 0 Å². The maximum atomic E-state index is 12.4. The summed E-state index contributed by atoms with van der Waals surface area (Å²) in [6.07, 6.45) is 1.61. The van der Waals surface area contributed by atoms with E-state index in [2.05, 4.69) is 27.8 Å². The Hall–Kier alpha value is -3.73. The first kappa shape index (κ1) is 15.8. The molecule has 1 amide bonds. The van der Waals surface area contributed by atoms with Crippen molar-refractivity contribution in [2.24, 2.45) is 0 Å². The van der Waals surface area contributed by atoms with Gasteiger partial charge in [-0.25, -0.2) is 4.68 Å². The number of rotatable bonds is 4. The first-order valence-electron chi connectivity index (χ1n) is 8.24. The summed E-state index contributed by atoms with van der Waals surface area (Å²) in [5, 5.41) is 10.8. The minimum absolute atomic E-state index is 0.265. The number of carbonyl (C=O) groups is 1. The molecule has 0 aliphatic carbocycles. The minimum Gasteiger partial charge on any atom is -0.321 e. The number of hydrogen-bond donors (Lipinski definition) is 1. The number of carbonyl (C=O) groups excluding carboxylic acids is 1. The summed E-state index contributed by atoms with van der Waals surface area (Å²) in [4.78, 5) is 12.4. The van der Waals surface area contributed by atoms with E-state index in [9.17, 15) is 4.79 Å². The van der Waals surface area contributed by atoms with Gasteiger partial charge in [0.05, 0.1) is 11.9 Å². The summed E-state index contributed by atoms with van der Waals surface area (Å²) < 4.78 is 1.58. The smallest absolute Gasteiger partial charge is 0.277 e. The monoisotopic (exact) mass is 340 g/mol. The molecule has 0 spiro atoms. The number of para-hydroxylation sites is 1. The number of benzene rings is 3. The highest BCUT2D eigenvalue weighted by Crippen LogP contribution is 2.21. The van der Waals surface area contributed by atoms with E-state index in [1.165, 1.54) is 0 Å². The van der Waals surface area contributed by atoms with Gasteiger partial charge in [-0.1, -0.05) is 65.9 Å². The van der Waals surface area contributed by atoms with Crippen molar-refractivity contribution in [2.75, 3.05) is 5.32 Å². The van der Waals surface area contributed by atoms with Gasteiger partial charge in [-0.3, -0.25) is 4.79 Å². The number of anilines is 1. The number of hydrogen-bond acceptors (Lipinski definition) is 3. The van der Waals surface area contributed by atoms with Gasteiger partial charge in [0.25, 0.3) is 5.91 Å². The second kappa shape index (κ2) is 7.03. The molecule has 0 bridgehead atoms. The Bertz CT molecular complexity index is 1010. The predicted molar refractivity (Wildman–Crippen MR) is 101 cm³/mol. The molecule has 0 aliphatic heterocycles. The molecule has 0 atom stereocenters. The molecule has 1 aromatic heterocycles. The lowest BCUT2D eigenvalue weighted by Gasteiger charge is -2.05. The summed E-state index contributed by atoms with van der Waals surface area (Å²) >= 11 is 0. The first-order chi connectivity index (χ1) is 12.8. The molecule has 0 aliphatic rings. The number of aromatic nitrogens is 3. The first-order valence-corrected chi connectivity index (χ1v) is 8.24. The van der Waals surface area contributed by atoms with Crippen LogP contribution in [0.4, 0.5) is 5.69 Å². The van der Waals surface area contributed by atoms with E-state index in [1.54, 1.807) is 10.9 Å². The van der Waals surface area contributed by atoms with E-state index >= 15 is 0 Å². The fourth-order valence-corrected chi connectivity index (χ4v) is 2.65. The highest BCUT2D eigenvalue weighted by molar-refractivity contribution is 6.02.